The number of fused-ring (bicyclic) bond motifs is 1. The van der Waals surface area contributed by atoms with Crippen molar-refractivity contribution in [2.75, 3.05) is 13.1 Å². The Morgan fingerprint density at radius 3 is 2.57 bits per heavy atom. The lowest BCUT2D eigenvalue weighted by Crippen LogP contribution is -2.49. The van der Waals surface area contributed by atoms with Crippen molar-refractivity contribution in [1.82, 2.24) is 19.1 Å². The number of carbonyl (C=O) groups excluding carboxylic acids is 1. The van der Waals surface area contributed by atoms with Crippen molar-refractivity contribution in [1.29, 1.82) is 0 Å². The summed E-state index contributed by atoms with van der Waals surface area (Å²) in [6, 6.07) is 12.9. The monoisotopic (exact) mass is 410 g/mol. The molecular weight excluding hydrogens is 384 g/mol. The van der Waals surface area contributed by atoms with E-state index in [0.29, 0.717) is 32.4 Å². The first-order valence-electron chi connectivity index (χ1n) is 10.2. The molecule has 1 atom stereocenters. The number of carbonyl (C=O) groups is 1. The Morgan fingerprint density at radius 2 is 1.87 bits per heavy atom. The second-order valence-corrected chi connectivity index (χ2v) is 8.17. The third kappa shape index (κ3) is 3.95. The minimum atomic E-state index is -1.08. The Kier molecular flexibility index (Phi) is 5.34. The molecule has 0 aliphatic carbocycles. The molecule has 0 bridgehead atoms. The number of likely N-dealkylation sites (tertiary alicyclic amines) is 1. The van der Waals surface area contributed by atoms with Gasteiger partial charge in [0.1, 0.15) is 11.8 Å². The van der Waals surface area contributed by atoms with E-state index in [1.54, 1.807) is 4.90 Å². The minimum absolute atomic E-state index is 0.0808. The lowest BCUT2D eigenvalue weighted by Gasteiger charge is -2.38. The van der Waals surface area contributed by atoms with Gasteiger partial charge in [-0.15, -0.1) is 0 Å². The average Bonchev–Trinajstić information content (AvgIpc) is 3.12. The van der Waals surface area contributed by atoms with E-state index in [1.807, 2.05) is 37.3 Å². The van der Waals surface area contributed by atoms with Gasteiger partial charge in [-0.3, -0.25) is 14.2 Å². The second-order valence-electron chi connectivity index (χ2n) is 8.17. The molecule has 1 amide bonds. The normalized spacial score (nSPS) is 17.2. The Labute approximate surface area is 174 Å². The summed E-state index contributed by atoms with van der Waals surface area (Å²) < 4.78 is 2.53. The fourth-order valence-electron chi connectivity index (χ4n) is 4.07. The number of rotatable bonds is 5. The van der Waals surface area contributed by atoms with Gasteiger partial charge in [0.2, 0.25) is 11.8 Å². The van der Waals surface area contributed by atoms with Crippen LogP contribution >= 0.6 is 0 Å². The molecule has 0 saturated carbocycles. The number of aromatic nitrogens is 3. The second kappa shape index (κ2) is 7.95. The summed E-state index contributed by atoms with van der Waals surface area (Å²) in [5, 5.41) is 24.7. The lowest BCUT2D eigenvalue weighted by molar-refractivity contribution is -0.136. The topological polar surface area (TPSA) is 100 Å². The standard InChI is InChI=1S/C22H26N4O4/c1-16(17-5-3-2-4-6-17)13-20(28)24-11-9-22(30,10-12-24)14-25-15-23-26-18(21(25)29)7-8-19(26)27/h2-8,15-16,27,30H,9-14H2,1H3/t16-/m1/s1. The van der Waals surface area contributed by atoms with Gasteiger partial charge in [-0.25, -0.2) is 0 Å². The quantitative estimate of drug-likeness (QED) is 0.668. The third-order valence-electron chi connectivity index (χ3n) is 5.98. The van der Waals surface area contributed by atoms with Crippen molar-refractivity contribution < 1.29 is 15.0 Å². The van der Waals surface area contributed by atoms with Gasteiger partial charge in [0, 0.05) is 25.6 Å². The van der Waals surface area contributed by atoms with E-state index in [4.69, 9.17) is 0 Å². The number of nitrogens with zero attached hydrogens (tertiary/aromatic N) is 4. The van der Waals surface area contributed by atoms with Crippen molar-refractivity contribution in [2.45, 2.75) is 44.2 Å². The van der Waals surface area contributed by atoms with Crippen LogP contribution in [0, 0.1) is 0 Å². The van der Waals surface area contributed by atoms with Crippen molar-refractivity contribution >= 4 is 11.4 Å². The zero-order valence-electron chi connectivity index (χ0n) is 16.9. The molecule has 0 spiro atoms. The summed E-state index contributed by atoms with van der Waals surface area (Å²) in [5.41, 5.74) is -0.0200. The molecule has 1 saturated heterocycles. The van der Waals surface area contributed by atoms with Crippen molar-refractivity contribution in [3.63, 3.8) is 0 Å². The molecule has 3 aromatic rings. The summed E-state index contributed by atoms with van der Waals surface area (Å²) in [6.07, 6.45) is 2.54. The molecule has 1 aliphatic heterocycles. The predicted octanol–water partition coefficient (Wildman–Crippen LogP) is 1.75. The van der Waals surface area contributed by atoms with Crippen LogP contribution < -0.4 is 5.56 Å². The maximum absolute atomic E-state index is 12.7. The number of amides is 1. The Balaban J connectivity index is 1.38. The van der Waals surface area contributed by atoms with Gasteiger partial charge in [0.05, 0.1) is 12.1 Å². The first-order valence-corrected chi connectivity index (χ1v) is 10.2. The van der Waals surface area contributed by atoms with Gasteiger partial charge in [-0.2, -0.15) is 9.61 Å². The molecule has 30 heavy (non-hydrogen) atoms. The summed E-state index contributed by atoms with van der Waals surface area (Å²) >= 11 is 0. The highest BCUT2D eigenvalue weighted by atomic mass is 16.3. The van der Waals surface area contributed by atoms with Crippen molar-refractivity contribution in [3.8, 4) is 5.88 Å². The molecule has 0 unspecified atom stereocenters. The number of aliphatic hydroxyl groups is 1. The fraction of sp³-hybridized carbons (Fsp3) is 0.409. The van der Waals surface area contributed by atoms with E-state index < -0.39 is 5.60 Å². The summed E-state index contributed by atoms with van der Waals surface area (Å²) in [5.74, 6) is 0.108. The molecule has 2 aromatic heterocycles. The fourth-order valence-corrected chi connectivity index (χ4v) is 4.07. The summed E-state index contributed by atoms with van der Waals surface area (Å²) in [4.78, 5) is 27.1. The van der Waals surface area contributed by atoms with E-state index in [0.717, 1.165) is 10.1 Å². The number of piperidine rings is 1. The molecule has 3 heterocycles. The van der Waals surface area contributed by atoms with Gasteiger partial charge < -0.3 is 15.1 Å². The predicted molar refractivity (Wildman–Crippen MR) is 111 cm³/mol. The van der Waals surface area contributed by atoms with E-state index in [2.05, 4.69) is 5.10 Å². The zero-order valence-corrected chi connectivity index (χ0v) is 16.9. The van der Waals surface area contributed by atoms with Gasteiger partial charge in [0.25, 0.3) is 5.56 Å². The van der Waals surface area contributed by atoms with Crippen molar-refractivity contribution in [2.24, 2.45) is 0 Å². The van der Waals surface area contributed by atoms with Gasteiger partial charge in [-0.1, -0.05) is 37.3 Å². The van der Waals surface area contributed by atoms with Crippen molar-refractivity contribution in [3.05, 3.63) is 64.7 Å². The first kappa shape index (κ1) is 20.2. The maximum Gasteiger partial charge on any atom is 0.277 e. The molecular formula is C22H26N4O4. The molecule has 2 N–H and O–H groups in total. The van der Waals surface area contributed by atoms with Gasteiger partial charge in [-0.05, 0) is 30.4 Å². The van der Waals surface area contributed by atoms with Gasteiger partial charge >= 0.3 is 0 Å². The van der Waals surface area contributed by atoms with Crippen LogP contribution in [0.25, 0.3) is 5.52 Å². The van der Waals surface area contributed by atoms with E-state index in [-0.39, 0.29) is 35.3 Å². The molecule has 4 rings (SSSR count). The number of benzene rings is 1. The van der Waals surface area contributed by atoms with Crippen LogP contribution in [0.2, 0.25) is 0 Å². The summed E-state index contributed by atoms with van der Waals surface area (Å²) in [7, 11) is 0. The number of hydrogen-bond acceptors (Lipinski definition) is 5. The Bertz CT molecular complexity index is 1100. The van der Waals surface area contributed by atoms with Crippen LogP contribution in [-0.4, -0.2) is 53.9 Å². The molecule has 8 nitrogen and oxygen atoms in total. The highest BCUT2D eigenvalue weighted by Crippen LogP contribution is 2.26. The van der Waals surface area contributed by atoms with Crippen LogP contribution in [-0.2, 0) is 11.3 Å². The molecule has 1 aromatic carbocycles. The smallest absolute Gasteiger partial charge is 0.277 e. The first-order chi connectivity index (χ1) is 14.4. The average molecular weight is 410 g/mol. The molecule has 1 fully saturated rings. The van der Waals surface area contributed by atoms with Gasteiger partial charge in [0.15, 0.2) is 0 Å². The highest BCUT2D eigenvalue weighted by molar-refractivity contribution is 5.77. The van der Waals surface area contributed by atoms with E-state index in [1.165, 1.54) is 23.0 Å². The number of aromatic hydroxyl groups is 1. The molecule has 158 valence electrons. The van der Waals surface area contributed by atoms with E-state index in [9.17, 15) is 19.8 Å². The molecule has 8 heteroatoms. The molecule has 1 aliphatic rings. The molecule has 0 radical (unpaired) electrons. The maximum atomic E-state index is 12.7. The van der Waals surface area contributed by atoms with Crippen LogP contribution in [0.5, 0.6) is 5.88 Å². The highest BCUT2D eigenvalue weighted by Gasteiger charge is 2.35. The largest absolute Gasteiger partial charge is 0.493 e. The zero-order chi connectivity index (χ0) is 21.3. The Morgan fingerprint density at radius 1 is 1.17 bits per heavy atom. The van der Waals surface area contributed by atoms with Crippen LogP contribution in [0.15, 0.2) is 53.6 Å². The number of hydrogen-bond donors (Lipinski definition) is 2. The SMILES string of the molecule is C[C@H](CC(=O)N1CCC(O)(Cn2cnn3c(O)ccc3c2=O)CC1)c1ccccc1. The summed E-state index contributed by atoms with van der Waals surface area (Å²) in [6.45, 7) is 3.05. The Hall–Kier alpha value is -3.13. The third-order valence-corrected chi connectivity index (χ3v) is 5.98. The lowest BCUT2D eigenvalue weighted by atomic mass is 9.90. The van der Waals surface area contributed by atoms with Crippen LogP contribution in [0.3, 0.4) is 0 Å². The van der Waals surface area contributed by atoms with Crippen LogP contribution in [0.4, 0.5) is 0 Å². The van der Waals surface area contributed by atoms with Crippen LogP contribution in [0.1, 0.15) is 37.7 Å². The minimum Gasteiger partial charge on any atom is -0.493 e. The van der Waals surface area contributed by atoms with E-state index >= 15 is 0 Å².